The third kappa shape index (κ3) is 2.53. The number of rotatable bonds is 6. The minimum atomic E-state index is 0.380. The van der Waals surface area contributed by atoms with E-state index in [0.29, 0.717) is 11.5 Å². The highest BCUT2D eigenvalue weighted by atomic mass is 14.9. The Balaban J connectivity index is 2.06. The van der Waals surface area contributed by atoms with Gasteiger partial charge >= 0.3 is 0 Å². The fourth-order valence-corrected chi connectivity index (χ4v) is 2.85. The second-order valence-electron chi connectivity index (χ2n) is 4.96. The van der Waals surface area contributed by atoms with E-state index in [2.05, 4.69) is 48.6 Å². The van der Waals surface area contributed by atoms with E-state index < -0.39 is 0 Å². The Hall–Kier alpha value is -1.26. The van der Waals surface area contributed by atoms with Crippen molar-refractivity contribution in [1.82, 2.24) is 5.32 Å². The summed E-state index contributed by atoms with van der Waals surface area (Å²) in [6, 6.07) is 11.5. The Morgan fingerprint density at radius 2 is 2.06 bits per heavy atom. The van der Waals surface area contributed by atoms with Crippen LogP contribution >= 0.6 is 0 Å². The van der Waals surface area contributed by atoms with Crippen LogP contribution < -0.4 is 5.32 Å². The van der Waals surface area contributed by atoms with E-state index in [9.17, 15) is 0 Å². The number of unbranched alkanes of at least 4 members (excludes halogenated alkanes) is 1. The van der Waals surface area contributed by atoms with Crippen molar-refractivity contribution < 1.29 is 0 Å². The lowest BCUT2D eigenvalue weighted by Crippen LogP contribution is -2.37. The summed E-state index contributed by atoms with van der Waals surface area (Å²) in [6.45, 7) is 0. The molecule has 0 aromatic heterocycles. The SMILES string of the molecule is C#CCCCC(NC)C1(c2ccccc2)CC1. The van der Waals surface area contributed by atoms with E-state index in [-0.39, 0.29) is 0 Å². The van der Waals surface area contributed by atoms with E-state index in [4.69, 9.17) is 6.42 Å². The number of hydrogen-bond acceptors (Lipinski definition) is 1. The van der Waals surface area contributed by atoms with Gasteiger partial charge in [0, 0.05) is 17.9 Å². The Bertz CT molecular complexity index is 384. The molecular weight excluding hydrogens is 206 g/mol. The van der Waals surface area contributed by atoms with Gasteiger partial charge in [0.25, 0.3) is 0 Å². The molecule has 0 radical (unpaired) electrons. The normalized spacial score (nSPS) is 18.4. The first kappa shape index (κ1) is 12.2. The molecule has 0 heterocycles. The van der Waals surface area contributed by atoms with Crippen molar-refractivity contribution in [3.05, 3.63) is 35.9 Å². The minimum Gasteiger partial charge on any atom is -0.316 e. The van der Waals surface area contributed by atoms with Gasteiger partial charge < -0.3 is 5.32 Å². The van der Waals surface area contributed by atoms with E-state index in [1.54, 1.807) is 0 Å². The summed E-state index contributed by atoms with van der Waals surface area (Å²) in [6.07, 6.45) is 11.1. The molecule has 1 atom stereocenters. The molecule has 90 valence electrons. The molecule has 1 aliphatic carbocycles. The zero-order valence-electron chi connectivity index (χ0n) is 10.6. The lowest BCUT2D eigenvalue weighted by molar-refractivity contribution is 0.411. The average Bonchev–Trinajstić information content (AvgIpc) is 3.17. The maximum atomic E-state index is 5.32. The molecule has 1 heteroatoms. The van der Waals surface area contributed by atoms with Crippen molar-refractivity contribution in [3.63, 3.8) is 0 Å². The predicted molar refractivity (Wildman–Crippen MR) is 72.9 cm³/mol. The summed E-state index contributed by atoms with van der Waals surface area (Å²) in [5, 5.41) is 3.49. The van der Waals surface area contributed by atoms with Crippen LogP contribution in [0.4, 0.5) is 0 Å². The fraction of sp³-hybridized carbons (Fsp3) is 0.500. The van der Waals surface area contributed by atoms with Crippen LogP contribution in [0.1, 0.15) is 37.7 Å². The first-order valence-electron chi connectivity index (χ1n) is 6.50. The molecule has 1 aromatic rings. The van der Waals surface area contributed by atoms with Gasteiger partial charge in [0.15, 0.2) is 0 Å². The third-order valence-corrected chi connectivity index (χ3v) is 3.97. The molecular formula is C16H21N. The zero-order chi connectivity index (χ0) is 12.1. The van der Waals surface area contributed by atoms with Gasteiger partial charge in [0.2, 0.25) is 0 Å². The zero-order valence-corrected chi connectivity index (χ0v) is 10.6. The number of hydrogen-bond donors (Lipinski definition) is 1. The molecule has 1 saturated carbocycles. The van der Waals surface area contributed by atoms with Crippen molar-refractivity contribution in [2.45, 2.75) is 43.6 Å². The third-order valence-electron chi connectivity index (χ3n) is 3.97. The van der Waals surface area contributed by atoms with Gasteiger partial charge in [-0.15, -0.1) is 12.3 Å². The smallest absolute Gasteiger partial charge is 0.0161 e. The second-order valence-corrected chi connectivity index (χ2v) is 4.96. The Labute approximate surface area is 105 Å². The van der Waals surface area contributed by atoms with Crippen LogP contribution in [0.25, 0.3) is 0 Å². The van der Waals surface area contributed by atoms with Gasteiger partial charge in [-0.3, -0.25) is 0 Å². The standard InChI is InChI=1S/C16H21N/c1-3-4-6-11-15(17-2)16(12-13-16)14-9-7-5-8-10-14/h1,5,7-10,15,17H,4,6,11-13H2,2H3. The molecule has 1 nitrogen and oxygen atoms in total. The van der Waals surface area contributed by atoms with Crippen LogP contribution in [0.2, 0.25) is 0 Å². The topological polar surface area (TPSA) is 12.0 Å². The van der Waals surface area contributed by atoms with Crippen LogP contribution in [0.3, 0.4) is 0 Å². The molecule has 0 bridgehead atoms. The molecule has 0 aliphatic heterocycles. The average molecular weight is 227 g/mol. The molecule has 0 spiro atoms. The first-order valence-corrected chi connectivity index (χ1v) is 6.50. The monoisotopic (exact) mass is 227 g/mol. The van der Waals surface area contributed by atoms with Crippen molar-refractivity contribution in [2.24, 2.45) is 0 Å². The highest BCUT2D eigenvalue weighted by Crippen LogP contribution is 2.51. The molecule has 1 N–H and O–H groups in total. The fourth-order valence-electron chi connectivity index (χ4n) is 2.85. The number of terminal acetylenes is 1. The molecule has 1 aromatic carbocycles. The van der Waals surface area contributed by atoms with Crippen LogP contribution in [-0.2, 0) is 5.41 Å². The van der Waals surface area contributed by atoms with Crippen molar-refractivity contribution in [3.8, 4) is 12.3 Å². The molecule has 1 unspecified atom stereocenters. The van der Waals surface area contributed by atoms with Crippen LogP contribution in [0.5, 0.6) is 0 Å². The van der Waals surface area contributed by atoms with Gasteiger partial charge in [-0.1, -0.05) is 30.3 Å². The maximum Gasteiger partial charge on any atom is 0.0161 e. The van der Waals surface area contributed by atoms with Crippen molar-refractivity contribution in [1.29, 1.82) is 0 Å². The number of nitrogens with one attached hydrogen (secondary N) is 1. The Kier molecular flexibility index (Phi) is 3.86. The van der Waals surface area contributed by atoms with Gasteiger partial charge in [-0.05, 0) is 38.3 Å². The first-order chi connectivity index (χ1) is 8.33. The molecule has 17 heavy (non-hydrogen) atoms. The molecule has 2 rings (SSSR count). The molecule has 1 aliphatic rings. The highest BCUT2D eigenvalue weighted by Gasteiger charge is 2.49. The van der Waals surface area contributed by atoms with E-state index in [1.807, 2.05) is 0 Å². The van der Waals surface area contributed by atoms with Crippen LogP contribution in [0, 0.1) is 12.3 Å². The summed E-state index contributed by atoms with van der Waals surface area (Å²) < 4.78 is 0. The lowest BCUT2D eigenvalue weighted by atomic mass is 9.85. The summed E-state index contributed by atoms with van der Waals surface area (Å²) in [5.74, 6) is 2.73. The van der Waals surface area contributed by atoms with E-state index in [0.717, 1.165) is 12.8 Å². The number of likely N-dealkylation sites (N-methyl/N-ethyl adjacent to an activating group) is 1. The molecule has 1 fully saturated rings. The van der Waals surface area contributed by atoms with Crippen molar-refractivity contribution >= 4 is 0 Å². The molecule has 0 saturated heterocycles. The van der Waals surface area contributed by atoms with E-state index in [1.165, 1.54) is 24.8 Å². The number of benzene rings is 1. The van der Waals surface area contributed by atoms with Crippen LogP contribution in [0.15, 0.2) is 30.3 Å². The predicted octanol–water partition coefficient (Wildman–Crippen LogP) is 3.11. The van der Waals surface area contributed by atoms with Gasteiger partial charge in [0.05, 0.1) is 0 Å². The largest absolute Gasteiger partial charge is 0.316 e. The summed E-state index contributed by atoms with van der Waals surface area (Å²) >= 11 is 0. The van der Waals surface area contributed by atoms with Gasteiger partial charge in [-0.2, -0.15) is 0 Å². The Morgan fingerprint density at radius 1 is 1.35 bits per heavy atom. The highest BCUT2D eigenvalue weighted by molar-refractivity contribution is 5.33. The van der Waals surface area contributed by atoms with E-state index >= 15 is 0 Å². The summed E-state index contributed by atoms with van der Waals surface area (Å²) in [5.41, 5.74) is 1.87. The lowest BCUT2D eigenvalue weighted by Gasteiger charge is -2.27. The Morgan fingerprint density at radius 3 is 2.59 bits per heavy atom. The van der Waals surface area contributed by atoms with Crippen molar-refractivity contribution in [2.75, 3.05) is 7.05 Å². The molecule has 0 amide bonds. The minimum absolute atomic E-state index is 0.380. The second kappa shape index (κ2) is 5.38. The van der Waals surface area contributed by atoms with Gasteiger partial charge in [0.1, 0.15) is 0 Å². The summed E-state index contributed by atoms with van der Waals surface area (Å²) in [7, 11) is 2.07. The maximum absolute atomic E-state index is 5.32. The summed E-state index contributed by atoms with van der Waals surface area (Å²) in [4.78, 5) is 0. The quantitative estimate of drug-likeness (QED) is 0.581. The van der Waals surface area contributed by atoms with Crippen LogP contribution in [-0.4, -0.2) is 13.1 Å². The van der Waals surface area contributed by atoms with Gasteiger partial charge in [-0.25, -0.2) is 0 Å².